The van der Waals surface area contributed by atoms with Crippen LogP contribution in [0, 0.1) is 5.82 Å². The van der Waals surface area contributed by atoms with E-state index in [-0.39, 0.29) is 11.7 Å². The lowest BCUT2D eigenvalue weighted by Gasteiger charge is -2.31. The molecule has 0 atom stereocenters. The Labute approximate surface area is 157 Å². The van der Waals surface area contributed by atoms with Crippen LogP contribution in [0.2, 0.25) is 0 Å². The zero-order chi connectivity index (χ0) is 18.8. The third kappa shape index (κ3) is 3.82. The standard InChI is InChI=1S/C22H23FN2O2/c1-27-19-5-2-15(3-6-19)12-22(26)25-10-8-16(9-11-25)21-14-17-13-18(23)4-7-20(17)24-21/h2-7,13-14,16,24H,8-12H2,1H3. The molecule has 5 heteroatoms. The molecule has 140 valence electrons. The fraction of sp³-hybridized carbons (Fsp3) is 0.318. The third-order valence-corrected chi connectivity index (χ3v) is 5.41. The van der Waals surface area contributed by atoms with Crippen LogP contribution in [0.1, 0.15) is 30.0 Å². The molecule has 0 radical (unpaired) electrons. The van der Waals surface area contributed by atoms with E-state index in [1.54, 1.807) is 19.2 Å². The average molecular weight is 366 g/mol. The van der Waals surface area contributed by atoms with Crippen molar-refractivity contribution in [2.75, 3.05) is 20.2 Å². The first-order valence-corrected chi connectivity index (χ1v) is 9.31. The van der Waals surface area contributed by atoms with E-state index in [9.17, 15) is 9.18 Å². The lowest BCUT2D eigenvalue weighted by Crippen LogP contribution is -2.38. The van der Waals surface area contributed by atoms with Crippen molar-refractivity contribution in [3.63, 3.8) is 0 Å². The average Bonchev–Trinajstić information content (AvgIpc) is 3.12. The molecular formula is C22H23FN2O2. The molecule has 1 amide bonds. The molecule has 3 aromatic rings. The predicted molar refractivity (Wildman–Crippen MR) is 104 cm³/mol. The highest BCUT2D eigenvalue weighted by Crippen LogP contribution is 2.30. The van der Waals surface area contributed by atoms with Gasteiger partial charge in [-0.3, -0.25) is 4.79 Å². The summed E-state index contributed by atoms with van der Waals surface area (Å²) in [6.07, 6.45) is 2.26. The van der Waals surface area contributed by atoms with Gasteiger partial charge in [-0.05, 0) is 54.8 Å². The van der Waals surface area contributed by atoms with E-state index in [2.05, 4.69) is 4.98 Å². The maximum absolute atomic E-state index is 13.4. The highest BCUT2D eigenvalue weighted by atomic mass is 19.1. The van der Waals surface area contributed by atoms with Gasteiger partial charge < -0.3 is 14.6 Å². The molecule has 1 fully saturated rings. The lowest BCUT2D eigenvalue weighted by molar-refractivity contribution is -0.131. The summed E-state index contributed by atoms with van der Waals surface area (Å²) in [6.45, 7) is 1.51. The number of likely N-dealkylation sites (tertiary alicyclic amines) is 1. The van der Waals surface area contributed by atoms with Crippen LogP contribution in [0.15, 0.2) is 48.5 Å². The SMILES string of the molecule is COc1ccc(CC(=O)N2CCC(c3cc4cc(F)ccc4[nH]3)CC2)cc1. The van der Waals surface area contributed by atoms with Crippen LogP contribution in [0.25, 0.3) is 10.9 Å². The van der Waals surface area contributed by atoms with Gasteiger partial charge in [0, 0.05) is 35.6 Å². The number of carbonyl (C=O) groups excluding carboxylic acids is 1. The first-order valence-electron chi connectivity index (χ1n) is 9.31. The lowest BCUT2D eigenvalue weighted by atomic mass is 9.93. The number of rotatable bonds is 4. The number of hydrogen-bond acceptors (Lipinski definition) is 2. The number of amides is 1. The fourth-order valence-corrected chi connectivity index (χ4v) is 3.82. The van der Waals surface area contributed by atoms with Gasteiger partial charge in [0.2, 0.25) is 5.91 Å². The Morgan fingerprint density at radius 2 is 1.89 bits per heavy atom. The number of ether oxygens (including phenoxy) is 1. The van der Waals surface area contributed by atoms with Crippen LogP contribution >= 0.6 is 0 Å². The van der Waals surface area contributed by atoms with Crippen molar-refractivity contribution in [1.82, 2.24) is 9.88 Å². The Hall–Kier alpha value is -2.82. The molecule has 1 N–H and O–H groups in total. The Morgan fingerprint density at radius 1 is 1.15 bits per heavy atom. The molecule has 1 aliphatic heterocycles. The topological polar surface area (TPSA) is 45.3 Å². The quantitative estimate of drug-likeness (QED) is 0.750. The van der Waals surface area contributed by atoms with Gasteiger partial charge in [0.15, 0.2) is 0 Å². The molecule has 2 aromatic carbocycles. The van der Waals surface area contributed by atoms with Crippen LogP contribution in [0.5, 0.6) is 5.75 Å². The monoisotopic (exact) mass is 366 g/mol. The van der Waals surface area contributed by atoms with E-state index < -0.39 is 0 Å². The van der Waals surface area contributed by atoms with Gasteiger partial charge in [-0.25, -0.2) is 4.39 Å². The number of halogens is 1. The summed E-state index contributed by atoms with van der Waals surface area (Å²) >= 11 is 0. The van der Waals surface area contributed by atoms with E-state index in [0.717, 1.165) is 53.8 Å². The Kier molecular flexibility index (Phi) is 4.84. The smallest absolute Gasteiger partial charge is 0.226 e. The van der Waals surface area contributed by atoms with E-state index in [4.69, 9.17) is 4.74 Å². The molecule has 4 nitrogen and oxygen atoms in total. The Morgan fingerprint density at radius 3 is 2.59 bits per heavy atom. The van der Waals surface area contributed by atoms with Crippen LogP contribution in [-0.2, 0) is 11.2 Å². The number of carbonyl (C=O) groups is 1. The minimum Gasteiger partial charge on any atom is -0.497 e. The van der Waals surface area contributed by atoms with Crippen molar-refractivity contribution in [2.24, 2.45) is 0 Å². The number of fused-ring (bicyclic) bond motifs is 1. The molecule has 4 rings (SSSR count). The predicted octanol–water partition coefficient (Wildman–Crippen LogP) is 4.26. The molecule has 1 aliphatic rings. The van der Waals surface area contributed by atoms with Gasteiger partial charge >= 0.3 is 0 Å². The molecule has 1 aromatic heterocycles. The number of hydrogen-bond donors (Lipinski definition) is 1. The first-order chi connectivity index (χ1) is 13.1. The molecule has 0 bridgehead atoms. The Balaban J connectivity index is 1.36. The van der Waals surface area contributed by atoms with Gasteiger partial charge in [-0.15, -0.1) is 0 Å². The molecule has 0 unspecified atom stereocenters. The molecule has 1 saturated heterocycles. The Bertz CT molecular complexity index is 941. The summed E-state index contributed by atoms with van der Waals surface area (Å²) in [5, 5.41) is 0.906. The molecule has 0 aliphatic carbocycles. The molecule has 2 heterocycles. The van der Waals surface area contributed by atoms with Gasteiger partial charge in [0.25, 0.3) is 0 Å². The van der Waals surface area contributed by atoms with Crippen LogP contribution in [0.3, 0.4) is 0 Å². The van der Waals surface area contributed by atoms with E-state index in [1.807, 2.05) is 35.2 Å². The number of nitrogens with one attached hydrogen (secondary N) is 1. The van der Waals surface area contributed by atoms with Crippen molar-refractivity contribution in [3.8, 4) is 5.75 Å². The highest BCUT2D eigenvalue weighted by molar-refractivity contribution is 5.81. The number of aromatic amines is 1. The number of H-pyrrole nitrogens is 1. The van der Waals surface area contributed by atoms with Crippen molar-refractivity contribution < 1.29 is 13.9 Å². The summed E-state index contributed by atoms with van der Waals surface area (Å²) in [5.74, 6) is 1.13. The van der Waals surface area contributed by atoms with E-state index >= 15 is 0 Å². The number of benzene rings is 2. The highest BCUT2D eigenvalue weighted by Gasteiger charge is 2.25. The van der Waals surface area contributed by atoms with Crippen molar-refractivity contribution in [1.29, 1.82) is 0 Å². The molecule has 0 saturated carbocycles. The molecular weight excluding hydrogens is 343 g/mol. The number of nitrogens with zero attached hydrogens (tertiary/aromatic N) is 1. The second kappa shape index (κ2) is 7.43. The first kappa shape index (κ1) is 17.6. The van der Waals surface area contributed by atoms with Crippen LogP contribution in [0.4, 0.5) is 4.39 Å². The second-order valence-electron chi connectivity index (χ2n) is 7.14. The summed E-state index contributed by atoms with van der Waals surface area (Å²) in [7, 11) is 1.63. The maximum atomic E-state index is 13.4. The number of aromatic nitrogens is 1. The van der Waals surface area contributed by atoms with Crippen LogP contribution < -0.4 is 4.74 Å². The molecule has 27 heavy (non-hydrogen) atoms. The number of methoxy groups -OCH3 is 1. The summed E-state index contributed by atoms with van der Waals surface area (Å²) in [5.41, 5.74) is 3.10. The maximum Gasteiger partial charge on any atom is 0.226 e. The minimum atomic E-state index is -0.216. The van der Waals surface area contributed by atoms with Crippen molar-refractivity contribution >= 4 is 16.8 Å². The van der Waals surface area contributed by atoms with Crippen LogP contribution in [-0.4, -0.2) is 36.0 Å². The fourth-order valence-electron chi connectivity index (χ4n) is 3.82. The molecule has 0 spiro atoms. The zero-order valence-electron chi connectivity index (χ0n) is 15.4. The summed E-state index contributed by atoms with van der Waals surface area (Å²) in [6, 6.07) is 14.5. The van der Waals surface area contributed by atoms with E-state index in [1.165, 1.54) is 6.07 Å². The van der Waals surface area contributed by atoms with Crippen molar-refractivity contribution in [2.45, 2.75) is 25.2 Å². The summed E-state index contributed by atoms with van der Waals surface area (Å²) < 4.78 is 18.5. The number of piperidine rings is 1. The second-order valence-corrected chi connectivity index (χ2v) is 7.14. The van der Waals surface area contributed by atoms with Gasteiger partial charge in [0.1, 0.15) is 11.6 Å². The largest absolute Gasteiger partial charge is 0.497 e. The normalized spacial score (nSPS) is 15.3. The van der Waals surface area contributed by atoms with Gasteiger partial charge in [-0.1, -0.05) is 12.1 Å². The van der Waals surface area contributed by atoms with Crippen molar-refractivity contribution in [3.05, 3.63) is 65.6 Å². The van der Waals surface area contributed by atoms with Gasteiger partial charge in [-0.2, -0.15) is 0 Å². The summed E-state index contributed by atoms with van der Waals surface area (Å²) in [4.78, 5) is 17.9. The third-order valence-electron chi connectivity index (χ3n) is 5.41. The van der Waals surface area contributed by atoms with Gasteiger partial charge in [0.05, 0.1) is 13.5 Å². The van der Waals surface area contributed by atoms with E-state index in [0.29, 0.717) is 12.3 Å². The zero-order valence-corrected chi connectivity index (χ0v) is 15.4. The minimum absolute atomic E-state index is 0.164.